The lowest BCUT2D eigenvalue weighted by Crippen LogP contribution is -2.47. The van der Waals surface area contributed by atoms with E-state index in [-0.39, 0.29) is 22.8 Å². The number of nitrogens with one attached hydrogen (secondary N) is 2. The first-order valence-corrected chi connectivity index (χ1v) is 14.4. The highest BCUT2D eigenvalue weighted by Gasteiger charge is 2.29. The lowest BCUT2D eigenvalue weighted by atomic mass is 9.82. The molecular weight excluding hydrogens is 530 g/mol. The molecule has 3 N–H and O–H groups in total. The SMILES string of the molecule is CC(C)(C)c1cnc(CSc2cnn(NC3CCCN(C(=O)c4ccc(C(NC(=O)O)C(C)(C)C)cc4)C3)n2)o1. The number of aromatic nitrogens is 4. The molecule has 2 aromatic heterocycles. The standard InChI is InChI=1S/C28H39N7O4S/c1-27(2,3)21-14-29-22(39-21)17-40-23-15-30-35(33-23)32-20-8-7-13-34(16-20)25(36)19-11-9-18(10-12-19)24(28(4,5)6)31-26(37)38/h9-12,14-15,20,24,31-32H,7-8,13,16-17H2,1-6H3,(H,37,38). The molecule has 1 aromatic carbocycles. The molecule has 1 fully saturated rings. The number of rotatable bonds is 8. The fourth-order valence-electron chi connectivity index (χ4n) is 4.59. The van der Waals surface area contributed by atoms with Crippen molar-refractivity contribution in [3.8, 4) is 0 Å². The van der Waals surface area contributed by atoms with Gasteiger partial charge in [-0.1, -0.05) is 70.3 Å². The number of likely N-dealkylation sites (tertiary alicyclic amines) is 1. The molecule has 1 aliphatic heterocycles. The molecule has 40 heavy (non-hydrogen) atoms. The average Bonchev–Trinajstić information content (AvgIpc) is 3.55. The number of carbonyl (C=O) groups is 2. The van der Waals surface area contributed by atoms with Crippen LogP contribution in [0.1, 0.15) is 88.0 Å². The fourth-order valence-corrected chi connectivity index (χ4v) is 5.25. The highest BCUT2D eigenvalue weighted by molar-refractivity contribution is 7.98. The van der Waals surface area contributed by atoms with Gasteiger partial charge in [-0.2, -0.15) is 0 Å². The Bertz CT molecular complexity index is 1310. The lowest BCUT2D eigenvalue weighted by molar-refractivity contribution is 0.0709. The predicted molar refractivity (Wildman–Crippen MR) is 153 cm³/mol. The second kappa shape index (κ2) is 11.9. The molecule has 3 heterocycles. The monoisotopic (exact) mass is 569 g/mol. The minimum absolute atomic E-state index is 0.00773. The number of thioether (sulfide) groups is 1. The molecule has 2 atom stereocenters. The third-order valence-electron chi connectivity index (χ3n) is 6.74. The molecule has 0 saturated carbocycles. The van der Waals surface area contributed by atoms with Crippen molar-refractivity contribution in [1.29, 1.82) is 0 Å². The number of carboxylic acid groups (broad SMARTS) is 1. The molecule has 4 rings (SSSR count). The summed E-state index contributed by atoms with van der Waals surface area (Å²) in [6.07, 6.45) is 4.15. The molecule has 0 spiro atoms. The first-order chi connectivity index (χ1) is 18.8. The number of piperidine rings is 1. The molecule has 2 amide bonds. The molecule has 1 aliphatic rings. The Morgan fingerprint density at radius 3 is 2.50 bits per heavy atom. The normalized spacial score (nSPS) is 16.9. The van der Waals surface area contributed by atoms with Crippen LogP contribution in [0.4, 0.5) is 4.79 Å². The maximum absolute atomic E-state index is 13.3. The van der Waals surface area contributed by atoms with Crippen molar-refractivity contribution < 1.29 is 19.1 Å². The van der Waals surface area contributed by atoms with E-state index < -0.39 is 12.1 Å². The molecule has 1 saturated heterocycles. The number of oxazole rings is 1. The Labute approximate surface area is 239 Å². The highest BCUT2D eigenvalue weighted by atomic mass is 32.2. The molecule has 2 unspecified atom stereocenters. The maximum Gasteiger partial charge on any atom is 0.405 e. The summed E-state index contributed by atoms with van der Waals surface area (Å²) in [5, 5.41) is 21.4. The van der Waals surface area contributed by atoms with Crippen LogP contribution < -0.4 is 10.7 Å². The third kappa shape index (κ3) is 7.56. The highest BCUT2D eigenvalue weighted by Crippen LogP contribution is 2.33. The zero-order valence-electron chi connectivity index (χ0n) is 24.0. The molecule has 3 aromatic rings. The van der Waals surface area contributed by atoms with Crippen LogP contribution in [0.3, 0.4) is 0 Å². The van der Waals surface area contributed by atoms with E-state index in [0.717, 1.165) is 29.2 Å². The minimum Gasteiger partial charge on any atom is -0.465 e. The smallest absolute Gasteiger partial charge is 0.405 e. The van der Waals surface area contributed by atoms with E-state index >= 15 is 0 Å². The van der Waals surface area contributed by atoms with Crippen molar-refractivity contribution in [2.45, 2.75) is 82.7 Å². The second-order valence-corrected chi connectivity index (χ2v) is 13.2. The van der Waals surface area contributed by atoms with Gasteiger partial charge in [-0.3, -0.25) is 10.2 Å². The summed E-state index contributed by atoms with van der Waals surface area (Å²) in [5.74, 6) is 2.01. The summed E-state index contributed by atoms with van der Waals surface area (Å²) < 4.78 is 5.85. The van der Waals surface area contributed by atoms with Gasteiger partial charge in [-0.25, -0.2) is 9.78 Å². The summed E-state index contributed by atoms with van der Waals surface area (Å²) in [4.78, 5) is 32.2. The zero-order chi connectivity index (χ0) is 29.1. The van der Waals surface area contributed by atoms with Gasteiger partial charge in [0.2, 0.25) is 5.89 Å². The summed E-state index contributed by atoms with van der Waals surface area (Å²) in [6, 6.07) is 6.82. The van der Waals surface area contributed by atoms with E-state index in [1.807, 2.05) is 37.8 Å². The van der Waals surface area contributed by atoms with Crippen LogP contribution >= 0.6 is 11.8 Å². The van der Waals surface area contributed by atoms with Gasteiger partial charge in [0.25, 0.3) is 5.91 Å². The van der Waals surface area contributed by atoms with Gasteiger partial charge < -0.3 is 19.7 Å². The Kier molecular flexibility index (Phi) is 8.77. The lowest BCUT2D eigenvalue weighted by Gasteiger charge is -2.33. The van der Waals surface area contributed by atoms with Gasteiger partial charge in [0, 0.05) is 24.1 Å². The van der Waals surface area contributed by atoms with Crippen molar-refractivity contribution in [1.82, 2.24) is 30.3 Å². The molecule has 0 radical (unpaired) electrons. The molecule has 12 heteroatoms. The summed E-state index contributed by atoms with van der Waals surface area (Å²) in [5.41, 5.74) is 4.29. The zero-order valence-corrected chi connectivity index (χ0v) is 24.8. The van der Waals surface area contributed by atoms with Crippen molar-refractivity contribution >= 4 is 23.8 Å². The summed E-state index contributed by atoms with van der Waals surface area (Å²) in [7, 11) is 0. The van der Waals surface area contributed by atoms with Crippen molar-refractivity contribution in [3.05, 3.63) is 59.4 Å². The fraction of sp³-hybridized carbons (Fsp3) is 0.536. The molecule has 0 bridgehead atoms. The first kappa shape index (κ1) is 29.4. The third-order valence-corrected chi connectivity index (χ3v) is 7.61. The second-order valence-electron chi connectivity index (χ2n) is 12.2. The number of hydrogen-bond donors (Lipinski definition) is 3. The first-order valence-electron chi connectivity index (χ1n) is 13.4. The van der Waals surface area contributed by atoms with Crippen molar-refractivity contribution in [2.24, 2.45) is 5.41 Å². The van der Waals surface area contributed by atoms with Gasteiger partial charge in [0.05, 0.1) is 30.2 Å². The number of amides is 2. The minimum atomic E-state index is -1.08. The van der Waals surface area contributed by atoms with Crippen LogP contribution in [0, 0.1) is 5.41 Å². The number of hydrogen-bond acceptors (Lipinski definition) is 8. The molecular formula is C28H39N7O4S. The van der Waals surface area contributed by atoms with E-state index in [9.17, 15) is 14.7 Å². The van der Waals surface area contributed by atoms with Gasteiger partial charge >= 0.3 is 6.09 Å². The van der Waals surface area contributed by atoms with Gasteiger partial charge in [0.1, 0.15) is 10.8 Å². The maximum atomic E-state index is 13.3. The largest absolute Gasteiger partial charge is 0.465 e. The van der Waals surface area contributed by atoms with E-state index in [4.69, 9.17) is 4.42 Å². The van der Waals surface area contributed by atoms with Crippen molar-refractivity contribution in [3.63, 3.8) is 0 Å². The molecule has 11 nitrogen and oxygen atoms in total. The Morgan fingerprint density at radius 2 is 1.88 bits per heavy atom. The average molecular weight is 570 g/mol. The number of nitrogens with zero attached hydrogens (tertiary/aromatic N) is 5. The van der Waals surface area contributed by atoms with E-state index in [1.165, 1.54) is 16.7 Å². The van der Waals surface area contributed by atoms with Gasteiger partial charge in [0.15, 0.2) is 0 Å². The van der Waals surface area contributed by atoms with Gasteiger partial charge in [-0.05, 0) is 36.0 Å². The Morgan fingerprint density at radius 1 is 1.15 bits per heavy atom. The van der Waals surface area contributed by atoms with Crippen LogP contribution in [0.2, 0.25) is 0 Å². The van der Waals surface area contributed by atoms with Crippen LogP contribution in [-0.4, -0.2) is 61.2 Å². The molecule has 0 aliphatic carbocycles. The summed E-state index contributed by atoms with van der Waals surface area (Å²) >= 11 is 1.50. The van der Waals surface area contributed by atoms with Gasteiger partial charge in [-0.15, -0.1) is 10.2 Å². The Hall–Kier alpha value is -3.54. The number of carbonyl (C=O) groups excluding carboxylic acids is 1. The predicted octanol–water partition coefficient (Wildman–Crippen LogP) is 5.06. The van der Waals surface area contributed by atoms with E-state index in [1.54, 1.807) is 24.5 Å². The van der Waals surface area contributed by atoms with Crippen LogP contribution in [0.25, 0.3) is 0 Å². The van der Waals surface area contributed by atoms with Crippen molar-refractivity contribution in [2.75, 3.05) is 18.5 Å². The molecule has 216 valence electrons. The Balaban J connectivity index is 1.32. The summed E-state index contributed by atoms with van der Waals surface area (Å²) in [6.45, 7) is 13.4. The van der Waals surface area contributed by atoms with Crippen LogP contribution in [0.15, 0.2) is 46.1 Å². The van der Waals surface area contributed by atoms with Crippen LogP contribution in [-0.2, 0) is 11.2 Å². The topological polar surface area (TPSA) is 138 Å². The van der Waals surface area contributed by atoms with E-state index in [0.29, 0.717) is 30.3 Å². The van der Waals surface area contributed by atoms with E-state index in [2.05, 4.69) is 46.7 Å². The number of benzene rings is 1. The van der Waals surface area contributed by atoms with Crippen LogP contribution in [0.5, 0.6) is 0 Å². The quantitative estimate of drug-likeness (QED) is 0.318.